The molecule has 0 radical (unpaired) electrons. The summed E-state index contributed by atoms with van der Waals surface area (Å²) in [6.07, 6.45) is 4.01. The average Bonchev–Trinajstić information content (AvgIpc) is 3.35. The summed E-state index contributed by atoms with van der Waals surface area (Å²) in [6.45, 7) is 1.81. The zero-order valence-electron chi connectivity index (χ0n) is 15.4. The first-order chi connectivity index (χ1) is 13.2. The van der Waals surface area contributed by atoms with Crippen LogP contribution in [0.5, 0.6) is 5.75 Å². The highest BCUT2D eigenvalue weighted by atomic mass is 32.2. The summed E-state index contributed by atoms with van der Waals surface area (Å²) < 4.78 is 12.6. The molecule has 1 aliphatic heterocycles. The summed E-state index contributed by atoms with van der Waals surface area (Å²) in [5, 5.41) is 13.0. The van der Waals surface area contributed by atoms with E-state index < -0.39 is 0 Å². The number of nitrogens with one attached hydrogen (secondary N) is 1. The number of thioether (sulfide) groups is 1. The van der Waals surface area contributed by atoms with Crippen molar-refractivity contribution in [3.8, 4) is 5.75 Å². The zero-order chi connectivity index (χ0) is 19.1. The Balaban J connectivity index is 1.57. The molecule has 2 N–H and O–H groups in total. The van der Waals surface area contributed by atoms with Gasteiger partial charge in [-0.25, -0.2) is 4.98 Å². The smallest absolute Gasteiger partial charge is 0.230 e. The largest absolute Gasteiger partial charge is 0.497 e. The Labute approximate surface area is 163 Å². The molecular formula is C19H25N3O4S. The number of aromatic nitrogens is 2. The van der Waals surface area contributed by atoms with Gasteiger partial charge in [0.15, 0.2) is 5.16 Å². The highest BCUT2D eigenvalue weighted by molar-refractivity contribution is 7.99. The van der Waals surface area contributed by atoms with Gasteiger partial charge in [-0.05, 0) is 30.5 Å². The van der Waals surface area contributed by atoms with Gasteiger partial charge in [0.25, 0.3) is 0 Å². The minimum absolute atomic E-state index is 0.0416. The lowest BCUT2D eigenvalue weighted by Crippen LogP contribution is -2.32. The summed E-state index contributed by atoms with van der Waals surface area (Å²) in [4.78, 5) is 16.5. The number of rotatable bonds is 9. The van der Waals surface area contributed by atoms with Gasteiger partial charge in [-0.1, -0.05) is 23.9 Å². The molecule has 146 valence electrons. The highest BCUT2D eigenvalue weighted by Gasteiger charge is 2.17. The lowest BCUT2D eigenvalue weighted by atomic mass is 10.2. The van der Waals surface area contributed by atoms with Crippen LogP contribution >= 0.6 is 11.8 Å². The first-order valence-electron chi connectivity index (χ1n) is 8.99. The van der Waals surface area contributed by atoms with E-state index in [1.165, 1.54) is 11.8 Å². The van der Waals surface area contributed by atoms with E-state index in [-0.39, 0.29) is 24.4 Å². The van der Waals surface area contributed by atoms with Crippen molar-refractivity contribution in [2.75, 3.05) is 26.0 Å². The van der Waals surface area contributed by atoms with Gasteiger partial charge in [-0.2, -0.15) is 0 Å². The molecule has 1 aromatic heterocycles. The second kappa shape index (κ2) is 9.77. The summed E-state index contributed by atoms with van der Waals surface area (Å²) >= 11 is 1.36. The van der Waals surface area contributed by atoms with Crippen molar-refractivity contribution in [3.05, 3.63) is 41.7 Å². The van der Waals surface area contributed by atoms with Crippen LogP contribution in [0.15, 0.2) is 35.6 Å². The fraction of sp³-hybridized carbons (Fsp3) is 0.474. The van der Waals surface area contributed by atoms with Gasteiger partial charge >= 0.3 is 0 Å². The maximum atomic E-state index is 12.1. The topological polar surface area (TPSA) is 85.6 Å². The number of hydrogen-bond acceptors (Lipinski definition) is 6. The third kappa shape index (κ3) is 5.72. The van der Waals surface area contributed by atoms with Crippen LogP contribution in [0, 0.1) is 0 Å². The number of benzene rings is 1. The normalized spacial score (nSPS) is 16.4. The molecule has 1 fully saturated rings. The Hall–Kier alpha value is -2.03. The fourth-order valence-corrected chi connectivity index (χ4v) is 3.72. The van der Waals surface area contributed by atoms with E-state index in [4.69, 9.17) is 9.47 Å². The Kier molecular flexibility index (Phi) is 7.14. The molecule has 2 heterocycles. The lowest BCUT2D eigenvalue weighted by Gasteiger charge is -2.11. The van der Waals surface area contributed by atoms with E-state index in [0.717, 1.165) is 30.8 Å². The van der Waals surface area contributed by atoms with Crippen LogP contribution in [0.3, 0.4) is 0 Å². The molecule has 0 unspecified atom stereocenters. The first-order valence-corrected chi connectivity index (χ1v) is 9.97. The third-order valence-electron chi connectivity index (χ3n) is 4.35. The molecule has 1 atom stereocenters. The number of carbonyl (C=O) groups is 1. The summed E-state index contributed by atoms with van der Waals surface area (Å²) in [7, 11) is 1.64. The van der Waals surface area contributed by atoms with Gasteiger partial charge < -0.3 is 24.5 Å². The number of carbonyl (C=O) groups excluding carboxylic acids is 1. The molecule has 27 heavy (non-hydrogen) atoms. The second-order valence-electron chi connectivity index (χ2n) is 6.38. The predicted molar refractivity (Wildman–Crippen MR) is 103 cm³/mol. The van der Waals surface area contributed by atoms with Crippen molar-refractivity contribution in [1.29, 1.82) is 0 Å². The quantitative estimate of drug-likeness (QED) is 0.634. The van der Waals surface area contributed by atoms with E-state index in [2.05, 4.69) is 10.3 Å². The van der Waals surface area contributed by atoms with Crippen LogP contribution in [-0.2, 0) is 22.7 Å². The molecule has 1 aliphatic rings. The monoisotopic (exact) mass is 391 g/mol. The molecule has 2 aromatic rings. The minimum Gasteiger partial charge on any atom is -0.497 e. The van der Waals surface area contributed by atoms with Crippen molar-refractivity contribution in [3.63, 3.8) is 0 Å². The lowest BCUT2D eigenvalue weighted by molar-refractivity contribution is -0.119. The van der Waals surface area contributed by atoms with E-state index in [9.17, 15) is 9.90 Å². The number of methoxy groups -OCH3 is 1. The maximum absolute atomic E-state index is 12.1. The average molecular weight is 391 g/mol. The van der Waals surface area contributed by atoms with E-state index in [1.54, 1.807) is 7.11 Å². The van der Waals surface area contributed by atoms with Crippen LogP contribution < -0.4 is 10.1 Å². The Morgan fingerprint density at radius 1 is 1.44 bits per heavy atom. The molecule has 7 nitrogen and oxygen atoms in total. The van der Waals surface area contributed by atoms with E-state index in [1.807, 2.05) is 35.0 Å². The first kappa shape index (κ1) is 19.7. The van der Waals surface area contributed by atoms with Gasteiger partial charge in [-0.15, -0.1) is 0 Å². The fourth-order valence-electron chi connectivity index (χ4n) is 2.90. The molecular weight excluding hydrogens is 366 g/mol. The molecule has 1 saturated heterocycles. The number of ether oxygens (including phenoxy) is 2. The van der Waals surface area contributed by atoms with Crippen molar-refractivity contribution in [2.24, 2.45) is 0 Å². The number of nitrogens with zero attached hydrogens (tertiary/aromatic N) is 2. The number of aliphatic hydroxyl groups is 1. The number of aliphatic hydroxyl groups excluding tert-OH is 1. The van der Waals surface area contributed by atoms with Gasteiger partial charge in [-0.3, -0.25) is 4.79 Å². The summed E-state index contributed by atoms with van der Waals surface area (Å²) in [5.41, 5.74) is 1.67. The van der Waals surface area contributed by atoms with E-state index in [0.29, 0.717) is 23.9 Å². The minimum atomic E-state index is -0.131. The zero-order valence-corrected chi connectivity index (χ0v) is 16.2. The molecule has 0 spiro atoms. The second-order valence-corrected chi connectivity index (χ2v) is 7.32. The Morgan fingerprint density at radius 2 is 2.26 bits per heavy atom. The van der Waals surface area contributed by atoms with Crippen LogP contribution in [0.4, 0.5) is 0 Å². The standard InChI is InChI=1S/C19H25N3O4S/c1-25-16-6-4-14(5-7-16)10-22-11-15(12-23)21-19(22)27-13-18(24)20-9-17-3-2-8-26-17/h4-7,11,17,23H,2-3,8-10,12-13H2,1H3,(H,20,24)/t17-/m1/s1. The van der Waals surface area contributed by atoms with E-state index >= 15 is 0 Å². The maximum Gasteiger partial charge on any atom is 0.230 e. The molecule has 8 heteroatoms. The van der Waals surface area contributed by atoms with Gasteiger partial charge in [0.05, 0.1) is 31.3 Å². The van der Waals surface area contributed by atoms with Crippen LogP contribution in [0.1, 0.15) is 24.1 Å². The molecule has 1 amide bonds. The van der Waals surface area contributed by atoms with Crippen molar-refractivity contribution >= 4 is 17.7 Å². The van der Waals surface area contributed by atoms with Crippen molar-refractivity contribution in [2.45, 2.75) is 37.3 Å². The van der Waals surface area contributed by atoms with Crippen LogP contribution in [-0.4, -0.2) is 52.7 Å². The Morgan fingerprint density at radius 3 is 2.93 bits per heavy atom. The van der Waals surface area contributed by atoms with Crippen molar-refractivity contribution in [1.82, 2.24) is 14.9 Å². The van der Waals surface area contributed by atoms with Gasteiger partial charge in [0, 0.05) is 25.9 Å². The number of amides is 1. The highest BCUT2D eigenvalue weighted by Crippen LogP contribution is 2.20. The summed E-state index contributed by atoms with van der Waals surface area (Å²) in [5.74, 6) is 1.04. The third-order valence-corrected chi connectivity index (χ3v) is 5.34. The number of hydrogen-bond donors (Lipinski definition) is 2. The Bertz CT molecular complexity index is 742. The molecule has 0 bridgehead atoms. The molecule has 3 rings (SSSR count). The van der Waals surface area contributed by atoms with Crippen LogP contribution in [0.25, 0.3) is 0 Å². The molecule has 0 saturated carbocycles. The van der Waals surface area contributed by atoms with Crippen molar-refractivity contribution < 1.29 is 19.4 Å². The van der Waals surface area contributed by atoms with Gasteiger partial charge in [0.1, 0.15) is 5.75 Å². The summed E-state index contributed by atoms with van der Waals surface area (Å²) in [6, 6.07) is 7.79. The molecule has 0 aliphatic carbocycles. The van der Waals surface area contributed by atoms with Crippen LogP contribution in [0.2, 0.25) is 0 Å². The SMILES string of the molecule is COc1ccc(Cn2cc(CO)nc2SCC(=O)NC[C@H]2CCCO2)cc1. The predicted octanol–water partition coefficient (Wildman–Crippen LogP) is 1.82. The number of imidazole rings is 1. The van der Waals surface area contributed by atoms with Gasteiger partial charge in [0.2, 0.25) is 5.91 Å². The molecule has 1 aromatic carbocycles.